The minimum atomic E-state index is -0.703. The lowest BCUT2D eigenvalue weighted by atomic mass is 10.1. The van der Waals surface area contributed by atoms with Crippen LogP contribution in [0.2, 0.25) is 0 Å². The van der Waals surface area contributed by atoms with E-state index in [2.05, 4.69) is 5.32 Å². The Kier molecular flexibility index (Phi) is 4.93. The van der Waals surface area contributed by atoms with Crippen molar-refractivity contribution in [2.75, 3.05) is 7.11 Å². The van der Waals surface area contributed by atoms with Crippen molar-refractivity contribution in [2.45, 2.75) is 0 Å². The van der Waals surface area contributed by atoms with E-state index < -0.39 is 11.8 Å². The van der Waals surface area contributed by atoms with Crippen molar-refractivity contribution in [1.29, 1.82) is 0 Å². The summed E-state index contributed by atoms with van der Waals surface area (Å²) in [5, 5.41) is 2.53. The van der Waals surface area contributed by atoms with Crippen LogP contribution >= 0.6 is 0 Å². The summed E-state index contributed by atoms with van der Waals surface area (Å²) < 4.78 is 5.03. The molecule has 2 amide bonds. The number of hydrogen-bond donors (Lipinski definition) is 2. The van der Waals surface area contributed by atoms with Crippen LogP contribution in [0.3, 0.4) is 0 Å². The van der Waals surface area contributed by atoms with Gasteiger partial charge in [0, 0.05) is 5.56 Å². The maximum Gasteiger partial charge on any atom is 0.265 e. The summed E-state index contributed by atoms with van der Waals surface area (Å²) >= 11 is 0. The monoisotopic (exact) mass is 296 g/mol. The molecule has 5 heteroatoms. The summed E-state index contributed by atoms with van der Waals surface area (Å²) in [6.45, 7) is 0. The molecule has 0 heterocycles. The van der Waals surface area contributed by atoms with Crippen molar-refractivity contribution in [3.63, 3.8) is 0 Å². The molecule has 2 aromatic rings. The summed E-state index contributed by atoms with van der Waals surface area (Å²) in [6, 6.07) is 15.7. The molecular weight excluding hydrogens is 280 g/mol. The minimum Gasteiger partial charge on any atom is -0.497 e. The first-order valence-corrected chi connectivity index (χ1v) is 6.62. The average molecular weight is 296 g/mol. The Morgan fingerprint density at radius 3 is 2.23 bits per heavy atom. The highest BCUT2D eigenvalue weighted by Gasteiger charge is 2.12. The Bertz CT molecular complexity index is 692. The lowest BCUT2D eigenvalue weighted by molar-refractivity contribution is -0.114. The molecule has 0 aliphatic rings. The van der Waals surface area contributed by atoms with Gasteiger partial charge >= 0.3 is 0 Å². The Hall–Kier alpha value is -3.08. The molecular formula is C17H16N2O3. The van der Waals surface area contributed by atoms with E-state index in [0.717, 1.165) is 5.56 Å². The van der Waals surface area contributed by atoms with Crippen LogP contribution in [-0.2, 0) is 4.79 Å². The molecule has 0 saturated heterocycles. The molecule has 0 unspecified atom stereocenters. The fourth-order valence-electron chi connectivity index (χ4n) is 1.82. The third-order valence-corrected chi connectivity index (χ3v) is 2.98. The predicted octanol–water partition coefficient (Wildman–Crippen LogP) is 1.95. The molecule has 0 atom stereocenters. The normalized spacial score (nSPS) is 10.9. The van der Waals surface area contributed by atoms with Gasteiger partial charge in [-0.15, -0.1) is 0 Å². The zero-order valence-corrected chi connectivity index (χ0v) is 12.1. The second-order valence-electron chi connectivity index (χ2n) is 4.52. The predicted molar refractivity (Wildman–Crippen MR) is 84.1 cm³/mol. The Labute approximate surface area is 128 Å². The van der Waals surface area contributed by atoms with Crippen LogP contribution in [0, 0.1) is 0 Å². The standard InChI is InChI=1S/C17H16N2O3/c1-22-14-9-7-13(8-10-14)17(21)19-15(16(18)20)11-12-5-3-2-4-6-12/h2-11H,1H3,(H2,18,20)(H,19,21)/b15-11-. The zero-order chi connectivity index (χ0) is 15.9. The summed E-state index contributed by atoms with van der Waals surface area (Å²) in [7, 11) is 1.54. The highest BCUT2D eigenvalue weighted by Crippen LogP contribution is 2.12. The van der Waals surface area contributed by atoms with Crippen LogP contribution in [0.4, 0.5) is 0 Å². The van der Waals surface area contributed by atoms with Crippen molar-refractivity contribution in [1.82, 2.24) is 5.32 Å². The fraction of sp³-hybridized carbons (Fsp3) is 0.0588. The van der Waals surface area contributed by atoms with Crippen LogP contribution in [-0.4, -0.2) is 18.9 Å². The molecule has 0 bridgehead atoms. The number of carbonyl (C=O) groups is 2. The van der Waals surface area contributed by atoms with Crippen LogP contribution < -0.4 is 15.8 Å². The molecule has 3 N–H and O–H groups in total. The van der Waals surface area contributed by atoms with Gasteiger partial charge in [-0.25, -0.2) is 0 Å². The lowest BCUT2D eigenvalue weighted by Gasteiger charge is -2.07. The van der Waals surface area contributed by atoms with E-state index in [-0.39, 0.29) is 5.70 Å². The van der Waals surface area contributed by atoms with Crippen LogP contribution in [0.25, 0.3) is 6.08 Å². The number of hydrogen-bond acceptors (Lipinski definition) is 3. The maximum atomic E-state index is 12.1. The molecule has 0 spiro atoms. The number of nitrogens with two attached hydrogens (primary N) is 1. The van der Waals surface area contributed by atoms with Gasteiger partial charge in [0.2, 0.25) is 0 Å². The zero-order valence-electron chi connectivity index (χ0n) is 12.1. The summed E-state index contributed by atoms with van der Waals surface area (Å²) in [4.78, 5) is 23.6. The van der Waals surface area contributed by atoms with E-state index in [9.17, 15) is 9.59 Å². The van der Waals surface area contributed by atoms with Gasteiger partial charge in [-0.3, -0.25) is 9.59 Å². The average Bonchev–Trinajstić information content (AvgIpc) is 2.55. The molecule has 0 aliphatic carbocycles. The number of primary amides is 1. The second kappa shape index (κ2) is 7.08. The first-order valence-electron chi connectivity index (χ1n) is 6.62. The van der Waals surface area contributed by atoms with Gasteiger partial charge in [0.25, 0.3) is 11.8 Å². The summed E-state index contributed by atoms with van der Waals surface area (Å²) in [5.74, 6) is -0.471. The van der Waals surface area contributed by atoms with Gasteiger partial charge < -0.3 is 15.8 Å². The summed E-state index contributed by atoms with van der Waals surface area (Å²) in [5.41, 5.74) is 6.52. The second-order valence-corrected chi connectivity index (χ2v) is 4.52. The molecule has 0 aliphatic heterocycles. The van der Waals surface area contributed by atoms with Crippen molar-refractivity contribution in [2.24, 2.45) is 5.73 Å². The third kappa shape index (κ3) is 3.96. The first-order chi connectivity index (χ1) is 10.6. The molecule has 5 nitrogen and oxygen atoms in total. The van der Waals surface area contributed by atoms with Gasteiger partial charge in [0.1, 0.15) is 11.4 Å². The molecule has 2 rings (SSSR count). The molecule has 2 aromatic carbocycles. The first kappa shape index (κ1) is 15.3. The lowest BCUT2D eigenvalue weighted by Crippen LogP contribution is -2.31. The van der Waals surface area contributed by atoms with E-state index in [0.29, 0.717) is 11.3 Å². The number of ether oxygens (including phenoxy) is 1. The molecule has 0 aromatic heterocycles. The Morgan fingerprint density at radius 2 is 1.68 bits per heavy atom. The fourth-order valence-corrected chi connectivity index (χ4v) is 1.82. The Morgan fingerprint density at radius 1 is 1.05 bits per heavy atom. The highest BCUT2D eigenvalue weighted by atomic mass is 16.5. The molecule has 112 valence electrons. The van der Waals surface area contributed by atoms with E-state index in [1.54, 1.807) is 31.4 Å². The SMILES string of the molecule is COc1ccc(C(=O)N/C(=C\c2ccccc2)C(N)=O)cc1. The minimum absolute atomic E-state index is 0.0343. The van der Waals surface area contributed by atoms with Crippen LogP contribution in [0.5, 0.6) is 5.75 Å². The third-order valence-electron chi connectivity index (χ3n) is 2.98. The van der Waals surface area contributed by atoms with Gasteiger partial charge in [-0.1, -0.05) is 30.3 Å². The summed E-state index contributed by atoms with van der Waals surface area (Å²) in [6.07, 6.45) is 1.53. The number of nitrogens with one attached hydrogen (secondary N) is 1. The molecule has 0 fully saturated rings. The smallest absolute Gasteiger partial charge is 0.265 e. The maximum absolute atomic E-state index is 12.1. The van der Waals surface area contributed by atoms with Gasteiger partial charge in [0.05, 0.1) is 7.11 Å². The topological polar surface area (TPSA) is 81.4 Å². The number of rotatable bonds is 5. The van der Waals surface area contributed by atoms with Crippen molar-refractivity contribution in [3.05, 3.63) is 71.4 Å². The molecule has 22 heavy (non-hydrogen) atoms. The van der Waals surface area contributed by atoms with E-state index in [1.807, 2.05) is 30.3 Å². The Balaban J connectivity index is 2.18. The van der Waals surface area contributed by atoms with Crippen molar-refractivity contribution < 1.29 is 14.3 Å². The highest BCUT2D eigenvalue weighted by molar-refractivity contribution is 6.04. The molecule has 0 saturated carbocycles. The van der Waals surface area contributed by atoms with Crippen molar-refractivity contribution >= 4 is 17.9 Å². The van der Waals surface area contributed by atoms with E-state index in [4.69, 9.17) is 10.5 Å². The molecule has 0 radical (unpaired) electrons. The van der Waals surface area contributed by atoms with E-state index >= 15 is 0 Å². The van der Waals surface area contributed by atoms with Crippen LogP contribution in [0.1, 0.15) is 15.9 Å². The largest absolute Gasteiger partial charge is 0.497 e. The van der Waals surface area contributed by atoms with E-state index in [1.165, 1.54) is 6.08 Å². The van der Waals surface area contributed by atoms with Gasteiger partial charge in [-0.05, 0) is 35.9 Å². The number of carbonyl (C=O) groups excluding carboxylic acids is 2. The number of methoxy groups -OCH3 is 1. The van der Waals surface area contributed by atoms with Crippen molar-refractivity contribution in [3.8, 4) is 5.75 Å². The quantitative estimate of drug-likeness (QED) is 0.827. The van der Waals surface area contributed by atoms with Crippen LogP contribution in [0.15, 0.2) is 60.3 Å². The number of benzene rings is 2. The van der Waals surface area contributed by atoms with Gasteiger partial charge in [0.15, 0.2) is 0 Å². The van der Waals surface area contributed by atoms with Gasteiger partial charge in [-0.2, -0.15) is 0 Å². The number of amides is 2.